The van der Waals surface area contributed by atoms with Gasteiger partial charge in [0.2, 0.25) is 5.91 Å². The highest BCUT2D eigenvalue weighted by Gasteiger charge is 2.35. The fraction of sp³-hybridized carbons (Fsp3) is 0.357. The van der Waals surface area contributed by atoms with E-state index in [0.717, 1.165) is 5.56 Å². The number of nitrogens with one attached hydrogen (secondary N) is 1. The van der Waals surface area contributed by atoms with Gasteiger partial charge < -0.3 is 15.8 Å². The van der Waals surface area contributed by atoms with Gasteiger partial charge in [-0.15, -0.1) is 6.42 Å². The summed E-state index contributed by atoms with van der Waals surface area (Å²) < 4.78 is 5.22. The van der Waals surface area contributed by atoms with Crippen molar-refractivity contribution in [3.05, 3.63) is 29.8 Å². The van der Waals surface area contributed by atoms with Gasteiger partial charge >= 0.3 is 0 Å². The van der Waals surface area contributed by atoms with Crippen LogP contribution in [0.2, 0.25) is 0 Å². The van der Waals surface area contributed by atoms with Crippen molar-refractivity contribution in [2.75, 3.05) is 18.5 Å². The largest absolute Gasteiger partial charge is 0.381 e. The molecule has 4 heteroatoms. The Morgan fingerprint density at radius 2 is 2.17 bits per heavy atom. The van der Waals surface area contributed by atoms with Crippen molar-refractivity contribution in [2.45, 2.75) is 18.4 Å². The number of rotatable bonds is 2. The van der Waals surface area contributed by atoms with Crippen LogP contribution < -0.4 is 11.1 Å². The Balaban J connectivity index is 2.08. The minimum atomic E-state index is -0.843. The quantitative estimate of drug-likeness (QED) is 0.766. The lowest BCUT2D eigenvalue weighted by Gasteiger charge is -2.31. The van der Waals surface area contributed by atoms with Gasteiger partial charge in [-0.1, -0.05) is 12.0 Å². The molecule has 1 fully saturated rings. The number of hydrogen-bond acceptors (Lipinski definition) is 3. The van der Waals surface area contributed by atoms with Crippen LogP contribution in [0.4, 0.5) is 5.69 Å². The summed E-state index contributed by atoms with van der Waals surface area (Å²) in [4.78, 5) is 12.1. The summed E-state index contributed by atoms with van der Waals surface area (Å²) >= 11 is 0. The number of anilines is 1. The van der Waals surface area contributed by atoms with Gasteiger partial charge in [-0.2, -0.15) is 0 Å². The number of benzene rings is 1. The van der Waals surface area contributed by atoms with E-state index in [9.17, 15) is 4.79 Å². The standard InChI is InChI=1S/C14H16N2O2/c1-2-11-4-3-5-12(10-11)16-13(17)14(15)6-8-18-9-7-14/h1,3-5,10H,6-9,15H2,(H,16,17). The zero-order chi connectivity index (χ0) is 13.0. The number of ether oxygens (including phenoxy) is 1. The third-order valence-electron chi connectivity index (χ3n) is 3.12. The van der Waals surface area contributed by atoms with Crippen LogP contribution in [-0.2, 0) is 9.53 Å². The van der Waals surface area contributed by atoms with E-state index in [2.05, 4.69) is 11.2 Å². The van der Waals surface area contributed by atoms with Crippen molar-refractivity contribution in [3.63, 3.8) is 0 Å². The molecule has 0 radical (unpaired) electrons. The second-order valence-electron chi connectivity index (χ2n) is 4.45. The third-order valence-corrected chi connectivity index (χ3v) is 3.12. The van der Waals surface area contributed by atoms with Gasteiger partial charge in [-0.25, -0.2) is 0 Å². The van der Waals surface area contributed by atoms with Crippen LogP contribution in [0.25, 0.3) is 0 Å². The van der Waals surface area contributed by atoms with Crippen molar-refractivity contribution in [1.29, 1.82) is 0 Å². The first-order valence-corrected chi connectivity index (χ1v) is 5.89. The maximum Gasteiger partial charge on any atom is 0.244 e. The molecule has 1 aliphatic heterocycles. The maximum absolute atomic E-state index is 12.1. The van der Waals surface area contributed by atoms with Gasteiger partial charge in [0.15, 0.2) is 0 Å². The Morgan fingerprint density at radius 1 is 1.44 bits per heavy atom. The molecule has 3 N–H and O–H groups in total. The molecule has 0 saturated carbocycles. The molecule has 0 bridgehead atoms. The molecule has 1 heterocycles. The van der Waals surface area contributed by atoms with Crippen molar-refractivity contribution >= 4 is 11.6 Å². The molecule has 94 valence electrons. The summed E-state index contributed by atoms with van der Waals surface area (Å²) in [6.07, 6.45) is 6.39. The zero-order valence-electron chi connectivity index (χ0n) is 10.1. The summed E-state index contributed by atoms with van der Waals surface area (Å²) in [6, 6.07) is 7.16. The Labute approximate surface area is 107 Å². The van der Waals surface area contributed by atoms with E-state index in [4.69, 9.17) is 16.9 Å². The van der Waals surface area contributed by atoms with E-state index in [1.165, 1.54) is 0 Å². The average molecular weight is 244 g/mol. The molecule has 0 spiro atoms. The molecule has 1 saturated heterocycles. The highest BCUT2D eigenvalue weighted by molar-refractivity contribution is 5.98. The molecule has 18 heavy (non-hydrogen) atoms. The molecule has 2 rings (SSSR count). The van der Waals surface area contributed by atoms with E-state index in [-0.39, 0.29) is 5.91 Å². The highest BCUT2D eigenvalue weighted by atomic mass is 16.5. The second kappa shape index (κ2) is 5.21. The van der Waals surface area contributed by atoms with E-state index >= 15 is 0 Å². The predicted octanol–water partition coefficient (Wildman–Crippen LogP) is 1.11. The normalized spacial score (nSPS) is 17.8. The fourth-order valence-electron chi connectivity index (χ4n) is 1.91. The molecule has 1 amide bonds. The van der Waals surface area contributed by atoms with Crippen LogP contribution in [0.5, 0.6) is 0 Å². The van der Waals surface area contributed by atoms with Gasteiger partial charge in [0.1, 0.15) is 5.54 Å². The number of nitrogens with two attached hydrogens (primary N) is 1. The molecular formula is C14H16N2O2. The lowest BCUT2D eigenvalue weighted by atomic mass is 9.90. The first-order valence-electron chi connectivity index (χ1n) is 5.89. The molecule has 0 aromatic heterocycles. The molecule has 0 aliphatic carbocycles. The lowest BCUT2D eigenvalue weighted by molar-refractivity contribution is -0.124. The van der Waals surface area contributed by atoms with E-state index in [0.29, 0.717) is 31.7 Å². The lowest BCUT2D eigenvalue weighted by Crippen LogP contribution is -2.54. The summed E-state index contributed by atoms with van der Waals surface area (Å²) in [5.41, 5.74) is 6.65. The highest BCUT2D eigenvalue weighted by Crippen LogP contribution is 2.20. The van der Waals surface area contributed by atoms with Crippen LogP contribution in [-0.4, -0.2) is 24.7 Å². The van der Waals surface area contributed by atoms with Crippen LogP contribution in [0.1, 0.15) is 18.4 Å². The Morgan fingerprint density at radius 3 is 2.83 bits per heavy atom. The number of amides is 1. The van der Waals surface area contributed by atoms with Gasteiger partial charge in [-0.3, -0.25) is 4.79 Å². The van der Waals surface area contributed by atoms with Crippen LogP contribution >= 0.6 is 0 Å². The Kier molecular flexibility index (Phi) is 3.66. The summed E-state index contributed by atoms with van der Waals surface area (Å²) in [7, 11) is 0. The van der Waals surface area contributed by atoms with Gasteiger partial charge in [0, 0.05) is 24.5 Å². The van der Waals surface area contributed by atoms with E-state index in [1.54, 1.807) is 18.2 Å². The third kappa shape index (κ3) is 2.70. The zero-order valence-corrected chi connectivity index (χ0v) is 10.1. The average Bonchev–Trinajstić information content (AvgIpc) is 2.40. The molecule has 1 aromatic rings. The minimum absolute atomic E-state index is 0.181. The van der Waals surface area contributed by atoms with Gasteiger partial charge in [-0.05, 0) is 31.0 Å². The second-order valence-corrected chi connectivity index (χ2v) is 4.45. The first kappa shape index (κ1) is 12.6. The van der Waals surface area contributed by atoms with E-state index < -0.39 is 5.54 Å². The predicted molar refractivity (Wildman–Crippen MR) is 70.0 cm³/mol. The number of carbonyl (C=O) groups is 1. The number of carbonyl (C=O) groups excluding carboxylic acids is 1. The van der Waals surface area contributed by atoms with Crippen LogP contribution in [0.3, 0.4) is 0 Å². The summed E-state index contributed by atoms with van der Waals surface area (Å²) in [6.45, 7) is 1.04. The smallest absolute Gasteiger partial charge is 0.244 e. The van der Waals surface area contributed by atoms with Crippen molar-refractivity contribution < 1.29 is 9.53 Å². The maximum atomic E-state index is 12.1. The topological polar surface area (TPSA) is 64.4 Å². The van der Waals surface area contributed by atoms with Crippen LogP contribution in [0.15, 0.2) is 24.3 Å². The molecule has 0 atom stereocenters. The van der Waals surface area contributed by atoms with Crippen molar-refractivity contribution in [1.82, 2.24) is 0 Å². The van der Waals surface area contributed by atoms with Crippen LogP contribution in [0, 0.1) is 12.3 Å². The molecular weight excluding hydrogens is 228 g/mol. The van der Waals surface area contributed by atoms with Crippen molar-refractivity contribution in [2.24, 2.45) is 5.73 Å². The van der Waals surface area contributed by atoms with Crippen molar-refractivity contribution in [3.8, 4) is 12.3 Å². The number of hydrogen-bond donors (Lipinski definition) is 2. The molecule has 4 nitrogen and oxygen atoms in total. The molecule has 1 aliphatic rings. The number of terminal acetylenes is 1. The van der Waals surface area contributed by atoms with Gasteiger partial charge in [0.05, 0.1) is 0 Å². The minimum Gasteiger partial charge on any atom is -0.381 e. The summed E-state index contributed by atoms with van der Waals surface area (Å²) in [5.74, 6) is 2.35. The van der Waals surface area contributed by atoms with E-state index in [1.807, 2.05) is 6.07 Å². The first-order chi connectivity index (χ1) is 8.64. The Hall–Kier alpha value is -1.83. The monoisotopic (exact) mass is 244 g/mol. The Bertz CT molecular complexity index is 485. The fourth-order valence-corrected chi connectivity index (χ4v) is 1.91. The van der Waals surface area contributed by atoms with Gasteiger partial charge in [0.25, 0.3) is 0 Å². The molecule has 1 aromatic carbocycles. The molecule has 0 unspecified atom stereocenters. The summed E-state index contributed by atoms with van der Waals surface area (Å²) in [5, 5.41) is 2.81. The SMILES string of the molecule is C#Cc1cccc(NC(=O)C2(N)CCOCC2)c1.